The Balaban J connectivity index is 1.85. The van der Waals surface area contributed by atoms with Crippen LogP contribution in [0.2, 0.25) is 0 Å². The Morgan fingerprint density at radius 1 is 1.40 bits per heavy atom. The van der Waals surface area contributed by atoms with Crippen LogP contribution < -0.4 is 0 Å². The molecule has 0 unspecified atom stereocenters. The first-order chi connectivity index (χ1) is 7.38. The molecule has 3 heteroatoms. The zero-order chi connectivity index (χ0) is 10.5. The highest BCUT2D eigenvalue weighted by atomic mass is 16.5. The predicted molar refractivity (Wildman–Crippen MR) is 57.3 cm³/mol. The lowest BCUT2D eigenvalue weighted by atomic mass is 10.2. The maximum Gasteiger partial charge on any atom is 0.293 e. The van der Waals surface area contributed by atoms with E-state index in [1.54, 1.807) is 0 Å². The van der Waals surface area contributed by atoms with Gasteiger partial charge >= 0.3 is 0 Å². The molecular weight excluding hydrogens is 190 g/mol. The quantitative estimate of drug-likeness (QED) is 0.696. The first-order valence-electron chi connectivity index (χ1n) is 5.24. The third kappa shape index (κ3) is 2.80. The molecule has 0 saturated carbocycles. The van der Waals surface area contributed by atoms with Crippen molar-refractivity contribution in [1.82, 2.24) is 4.90 Å². The van der Waals surface area contributed by atoms with E-state index in [4.69, 9.17) is 4.74 Å². The van der Waals surface area contributed by atoms with Crippen LogP contribution in [0.1, 0.15) is 12.0 Å². The molecule has 0 N–H and O–H groups in total. The van der Waals surface area contributed by atoms with E-state index in [-0.39, 0.29) is 6.10 Å². The van der Waals surface area contributed by atoms with Crippen molar-refractivity contribution in [2.75, 3.05) is 13.1 Å². The fourth-order valence-corrected chi connectivity index (χ4v) is 1.97. The number of carbonyl (C=O) groups is 1. The fourth-order valence-electron chi connectivity index (χ4n) is 1.97. The van der Waals surface area contributed by atoms with Crippen molar-refractivity contribution >= 4 is 6.47 Å². The van der Waals surface area contributed by atoms with Gasteiger partial charge in [-0.05, 0) is 12.0 Å². The second-order valence-electron chi connectivity index (χ2n) is 3.86. The van der Waals surface area contributed by atoms with Gasteiger partial charge in [0.1, 0.15) is 6.10 Å². The second-order valence-corrected chi connectivity index (χ2v) is 3.86. The molecular formula is C12H15NO2. The summed E-state index contributed by atoms with van der Waals surface area (Å²) in [4.78, 5) is 12.5. The molecule has 0 aliphatic carbocycles. The van der Waals surface area contributed by atoms with Gasteiger partial charge in [0.25, 0.3) is 6.47 Å². The highest BCUT2D eigenvalue weighted by Gasteiger charge is 2.22. The normalized spacial score (nSPS) is 21.5. The van der Waals surface area contributed by atoms with Crippen LogP contribution in [0.3, 0.4) is 0 Å². The minimum absolute atomic E-state index is 0.0891. The highest BCUT2D eigenvalue weighted by Crippen LogP contribution is 2.14. The first-order valence-corrected chi connectivity index (χ1v) is 5.24. The Bertz CT molecular complexity index is 313. The summed E-state index contributed by atoms with van der Waals surface area (Å²) < 4.78 is 4.95. The molecule has 1 saturated heterocycles. The van der Waals surface area contributed by atoms with E-state index in [9.17, 15) is 4.79 Å². The van der Waals surface area contributed by atoms with Crippen molar-refractivity contribution in [2.24, 2.45) is 0 Å². The van der Waals surface area contributed by atoms with E-state index >= 15 is 0 Å². The summed E-state index contributed by atoms with van der Waals surface area (Å²) >= 11 is 0. The van der Waals surface area contributed by atoms with Gasteiger partial charge in [-0.1, -0.05) is 30.3 Å². The van der Waals surface area contributed by atoms with E-state index in [1.165, 1.54) is 5.56 Å². The van der Waals surface area contributed by atoms with Crippen molar-refractivity contribution in [2.45, 2.75) is 19.1 Å². The lowest BCUT2D eigenvalue weighted by Crippen LogP contribution is -2.22. The van der Waals surface area contributed by atoms with Gasteiger partial charge in [-0.25, -0.2) is 0 Å². The van der Waals surface area contributed by atoms with Gasteiger partial charge in [-0.2, -0.15) is 0 Å². The molecule has 0 amide bonds. The fraction of sp³-hybridized carbons (Fsp3) is 0.417. The number of hydrogen-bond acceptors (Lipinski definition) is 3. The minimum atomic E-state index is 0.0891. The number of hydrogen-bond donors (Lipinski definition) is 0. The average Bonchev–Trinajstić information content (AvgIpc) is 2.68. The monoisotopic (exact) mass is 205 g/mol. The molecule has 1 aromatic carbocycles. The number of nitrogens with zero attached hydrogens (tertiary/aromatic N) is 1. The Kier molecular flexibility index (Phi) is 3.35. The third-order valence-electron chi connectivity index (χ3n) is 2.73. The summed E-state index contributed by atoms with van der Waals surface area (Å²) in [5.41, 5.74) is 1.31. The van der Waals surface area contributed by atoms with Crippen LogP contribution in [0.15, 0.2) is 30.3 Å². The van der Waals surface area contributed by atoms with Gasteiger partial charge in [0.15, 0.2) is 0 Å². The molecule has 1 atom stereocenters. The Hall–Kier alpha value is -1.35. The van der Waals surface area contributed by atoms with Crippen LogP contribution in [-0.2, 0) is 16.1 Å². The van der Waals surface area contributed by atoms with Crippen LogP contribution >= 0.6 is 0 Å². The zero-order valence-corrected chi connectivity index (χ0v) is 8.63. The van der Waals surface area contributed by atoms with Gasteiger partial charge in [0.2, 0.25) is 0 Å². The van der Waals surface area contributed by atoms with Gasteiger partial charge in [-0.15, -0.1) is 0 Å². The second kappa shape index (κ2) is 4.94. The number of ether oxygens (including phenoxy) is 1. The molecule has 1 aliphatic rings. The van der Waals surface area contributed by atoms with Crippen LogP contribution in [0.4, 0.5) is 0 Å². The zero-order valence-electron chi connectivity index (χ0n) is 8.63. The van der Waals surface area contributed by atoms with E-state index in [2.05, 4.69) is 17.0 Å². The van der Waals surface area contributed by atoms with Crippen LogP contribution in [0, 0.1) is 0 Å². The molecule has 2 rings (SSSR count). The number of likely N-dealkylation sites (tertiary alicyclic amines) is 1. The van der Waals surface area contributed by atoms with Crippen molar-refractivity contribution in [3.8, 4) is 0 Å². The Morgan fingerprint density at radius 3 is 2.93 bits per heavy atom. The molecule has 0 radical (unpaired) electrons. The molecule has 15 heavy (non-hydrogen) atoms. The van der Waals surface area contributed by atoms with Crippen LogP contribution in [0.25, 0.3) is 0 Å². The van der Waals surface area contributed by atoms with Crippen molar-refractivity contribution in [3.05, 3.63) is 35.9 Å². The van der Waals surface area contributed by atoms with E-state index < -0.39 is 0 Å². The summed E-state index contributed by atoms with van der Waals surface area (Å²) in [5, 5.41) is 0. The Labute approximate surface area is 89.7 Å². The lowest BCUT2D eigenvalue weighted by molar-refractivity contribution is -0.132. The third-order valence-corrected chi connectivity index (χ3v) is 2.73. The van der Waals surface area contributed by atoms with Crippen molar-refractivity contribution < 1.29 is 9.53 Å². The molecule has 1 aliphatic heterocycles. The molecule has 1 fully saturated rings. The van der Waals surface area contributed by atoms with Crippen LogP contribution in [0.5, 0.6) is 0 Å². The maximum absolute atomic E-state index is 10.2. The highest BCUT2D eigenvalue weighted by molar-refractivity contribution is 5.37. The lowest BCUT2D eigenvalue weighted by Gasteiger charge is -2.15. The van der Waals surface area contributed by atoms with Gasteiger partial charge in [0, 0.05) is 19.6 Å². The van der Waals surface area contributed by atoms with Gasteiger partial charge in [0.05, 0.1) is 0 Å². The molecule has 1 aromatic rings. The Morgan fingerprint density at radius 2 is 2.20 bits per heavy atom. The first kappa shape index (κ1) is 10.2. The largest absolute Gasteiger partial charge is 0.463 e. The molecule has 0 spiro atoms. The number of carbonyl (C=O) groups excluding carboxylic acids is 1. The summed E-state index contributed by atoms with van der Waals surface area (Å²) in [6.07, 6.45) is 1.04. The minimum Gasteiger partial charge on any atom is -0.463 e. The van der Waals surface area contributed by atoms with E-state index in [0.29, 0.717) is 6.47 Å². The molecule has 1 heterocycles. The van der Waals surface area contributed by atoms with Gasteiger partial charge < -0.3 is 4.74 Å². The van der Waals surface area contributed by atoms with E-state index in [0.717, 1.165) is 26.1 Å². The van der Waals surface area contributed by atoms with Crippen LogP contribution in [-0.4, -0.2) is 30.6 Å². The molecule has 80 valence electrons. The van der Waals surface area contributed by atoms with Crippen molar-refractivity contribution in [1.29, 1.82) is 0 Å². The van der Waals surface area contributed by atoms with Crippen molar-refractivity contribution in [3.63, 3.8) is 0 Å². The SMILES string of the molecule is O=CO[C@@H]1CCN(Cc2ccccc2)C1. The molecule has 3 nitrogen and oxygen atoms in total. The molecule has 0 bridgehead atoms. The summed E-state index contributed by atoms with van der Waals surface area (Å²) in [7, 11) is 0. The topological polar surface area (TPSA) is 29.5 Å². The summed E-state index contributed by atoms with van der Waals surface area (Å²) in [6, 6.07) is 10.4. The maximum atomic E-state index is 10.2. The van der Waals surface area contributed by atoms with E-state index in [1.807, 2.05) is 18.2 Å². The molecule has 0 aromatic heterocycles. The standard InChI is InChI=1S/C12H15NO2/c14-10-15-12-6-7-13(9-12)8-11-4-2-1-3-5-11/h1-5,10,12H,6-9H2/t12-/m1/s1. The smallest absolute Gasteiger partial charge is 0.293 e. The number of benzene rings is 1. The average molecular weight is 205 g/mol. The van der Waals surface area contributed by atoms with Gasteiger partial charge in [-0.3, -0.25) is 9.69 Å². The summed E-state index contributed by atoms with van der Waals surface area (Å²) in [5.74, 6) is 0. The predicted octanol–water partition coefficient (Wildman–Crippen LogP) is 1.43. The number of rotatable bonds is 4. The summed E-state index contributed by atoms with van der Waals surface area (Å²) in [6.45, 7) is 3.36.